The topological polar surface area (TPSA) is 78.9 Å². The summed E-state index contributed by atoms with van der Waals surface area (Å²) >= 11 is 0. The Balaban J connectivity index is 4.41. The molecule has 0 aliphatic rings. The van der Waals surface area contributed by atoms with Crippen LogP contribution >= 0.6 is 0 Å². The molecule has 6 nitrogen and oxygen atoms in total. The maximum absolute atomic E-state index is 12.7. The number of hydrogen-bond donors (Lipinski definition) is 0. The zero-order valence-electron chi connectivity index (χ0n) is 40.6. The maximum atomic E-state index is 12.7. The summed E-state index contributed by atoms with van der Waals surface area (Å²) in [6, 6.07) is 0. The largest absolute Gasteiger partial charge is 0.462 e. The summed E-state index contributed by atoms with van der Waals surface area (Å²) in [5, 5.41) is 0. The van der Waals surface area contributed by atoms with Crippen LogP contribution in [0.2, 0.25) is 0 Å². The number of allylic oxidation sites excluding steroid dienone is 12. The molecule has 0 aromatic carbocycles. The van der Waals surface area contributed by atoms with Gasteiger partial charge in [-0.05, 0) is 96.3 Å². The third-order valence-electron chi connectivity index (χ3n) is 10.9. The lowest BCUT2D eigenvalue weighted by Crippen LogP contribution is -2.30. The number of hydrogen-bond acceptors (Lipinski definition) is 6. The van der Waals surface area contributed by atoms with Crippen molar-refractivity contribution in [2.24, 2.45) is 0 Å². The summed E-state index contributed by atoms with van der Waals surface area (Å²) in [6.45, 7) is 6.42. The summed E-state index contributed by atoms with van der Waals surface area (Å²) in [6.07, 6.45) is 63.3. The summed E-state index contributed by atoms with van der Waals surface area (Å²) in [7, 11) is 0. The molecule has 0 spiro atoms. The van der Waals surface area contributed by atoms with Crippen LogP contribution in [0.15, 0.2) is 72.9 Å². The van der Waals surface area contributed by atoms with E-state index in [1.54, 1.807) is 0 Å². The van der Waals surface area contributed by atoms with Crippen LogP contribution in [-0.4, -0.2) is 37.2 Å². The van der Waals surface area contributed by atoms with Crippen LogP contribution in [0.25, 0.3) is 0 Å². The number of carbonyl (C=O) groups excluding carboxylic acids is 3. The highest BCUT2D eigenvalue weighted by atomic mass is 16.6. The molecule has 0 saturated carbocycles. The third kappa shape index (κ3) is 47.9. The lowest BCUT2D eigenvalue weighted by atomic mass is 10.1. The Bertz CT molecular complexity index is 1180. The molecule has 6 heteroatoms. The SMILES string of the molecule is CC/C=C\C/C=C\C/C=C\C/C=C\CCC(=O)OC(COC(=O)CCCCCCC/C=C\CCCCC)COC(=O)CCCCCCCCCCC/C=C\CCCCCCCC. The van der Waals surface area contributed by atoms with Gasteiger partial charge in [-0.15, -0.1) is 0 Å². The van der Waals surface area contributed by atoms with Crippen molar-refractivity contribution >= 4 is 17.9 Å². The number of unbranched alkanes of at least 4 members (excludes halogenated alkanes) is 23. The summed E-state index contributed by atoms with van der Waals surface area (Å²) in [4.78, 5) is 37.9. The van der Waals surface area contributed by atoms with E-state index in [1.807, 2.05) is 12.2 Å². The molecule has 0 rings (SSSR count). The van der Waals surface area contributed by atoms with E-state index in [0.717, 1.165) is 77.0 Å². The van der Waals surface area contributed by atoms with Crippen LogP contribution in [0, 0.1) is 0 Å². The van der Waals surface area contributed by atoms with Crippen molar-refractivity contribution < 1.29 is 28.6 Å². The average Bonchev–Trinajstić information content (AvgIpc) is 3.27. The molecule has 0 aliphatic carbocycles. The van der Waals surface area contributed by atoms with Crippen molar-refractivity contribution in [2.75, 3.05) is 13.2 Å². The number of rotatable bonds is 46. The number of carbonyl (C=O) groups is 3. The number of esters is 3. The van der Waals surface area contributed by atoms with Crippen LogP contribution in [0.3, 0.4) is 0 Å². The summed E-state index contributed by atoms with van der Waals surface area (Å²) in [5.41, 5.74) is 0. The highest BCUT2D eigenvalue weighted by Crippen LogP contribution is 2.14. The van der Waals surface area contributed by atoms with E-state index < -0.39 is 12.1 Å². The normalized spacial score (nSPS) is 12.6. The second-order valence-corrected chi connectivity index (χ2v) is 17.0. The Labute approximate surface area is 382 Å². The van der Waals surface area contributed by atoms with Crippen molar-refractivity contribution in [1.29, 1.82) is 0 Å². The van der Waals surface area contributed by atoms with Gasteiger partial charge in [-0.3, -0.25) is 14.4 Å². The van der Waals surface area contributed by atoms with Gasteiger partial charge in [0.05, 0.1) is 0 Å². The molecule has 0 fully saturated rings. The highest BCUT2D eigenvalue weighted by molar-refractivity contribution is 5.71. The van der Waals surface area contributed by atoms with Gasteiger partial charge in [-0.1, -0.05) is 203 Å². The van der Waals surface area contributed by atoms with Gasteiger partial charge >= 0.3 is 17.9 Å². The molecule has 0 aliphatic heterocycles. The first-order valence-corrected chi connectivity index (χ1v) is 25.9. The van der Waals surface area contributed by atoms with Crippen molar-refractivity contribution in [3.05, 3.63) is 72.9 Å². The average molecular weight is 865 g/mol. The molecule has 0 amide bonds. The van der Waals surface area contributed by atoms with Crippen molar-refractivity contribution in [1.82, 2.24) is 0 Å². The fraction of sp³-hybridized carbons (Fsp3) is 0.732. The summed E-state index contributed by atoms with van der Waals surface area (Å²) in [5.74, 6) is -1.00. The second kappa shape index (κ2) is 50.5. The molecule has 0 radical (unpaired) electrons. The molecule has 0 heterocycles. The lowest BCUT2D eigenvalue weighted by molar-refractivity contribution is -0.166. The predicted octanol–water partition coefficient (Wildman–Crippen LogP) is 17.0. The predicted molar refractivity (Wildman–Crippen MR) is 265 cm³/mol. The quantitative estimate of drug-likeness (QED) is 0.0262. The molecule has 0 aromatic heterocycles. The summed E-state index contributed by atoms with van der Waals surface area (Å²) < 4.78 is 16.7. The van der Waals surface area contributed by atoms with Crippen LogP contribution in [0.1, 0.15) is 245 Å². The first-order valence-electron chi connectivity index (χ1n) is 25.9. The van der Waals surface area contributed by atoms with E-state index in [0.29, 0.717) is 19.3 Å². The van der Waals surface area contributed by atoms with Crippen molar-refractivity contribution in [2.45, 2.75) is 252 Å². The zero-order chi connectivity index (χ0) is 45.1. The Morgan fingerprint density at radius 1 is 0.339 bits per heavy atom. The van der Waals surface area contributed by atoms with Gasteiger partial charge < -0.3 is 14.2 Å². The van der Waals surface area contributed by atoms with Gasteiger partial charge in [0.2, 0.25) is 0 Å². The molecule has 0 bridgehead atoms. The van der Waals surface area contributed by atoms with Crippen LogP contribution in [-0.2, 0) is 28.6 Å². The molecule has 0 aromatic rings. The van der Waals surface area contributed by atoms with E-state index in [2.05, 4.69) is 81.5 Å². The molecule has 62 heavy (non-hydrogen) atoms. The van der Waals surface area contributed by atoms with Crippen LogP contribution < -0.4 is 0 Å². The van der Waals surface area contributed by atoms with Crippen LogP contribution in [0.4, 0.5) is 0 Å². The van der Waals surface area contributed by atoms with Gasteiger partial charge in [0.15, 0.2) is 6.10 Å². The molecule has 356 valence electrons. The minimum absolute atomic E-state index is 0.107. The van der Waals surface area contributed by atoms with Crippen molar-refractivity contribution in [3.8, 4) is 0 Å². The smallest absolute Gasteiger partial charge is 0.306 e. The van der Waals surface area contributed by atoms with E-state index in [-0.39, 0.29) is 31.6 Å². The molecule has 1 atom stereocenters. The van der Waals surface area contributed by atoms with Gasteiger partial charge in [0, 0.05) is 19.3 Å². The third-order valence-corrected chi connectivity index (χ3v) is 10.9. The van der Waals surface area contributed by atoms with Crippen LogP contribution in [0.5, 0.6) is 0 Å². The molecular weight excluding hydrogens is 769 g/mol. The van der Waals surface area contributed by atoms with E-state index in [4.69, 9.17) is 14.2 Å². The van der Waals surface area contributed by atoms with Gasteiger partial charge in [0.1, 0.15) is 13.2 Å². The molecule has 0 saturated heterocycles. The Morgan fingerprint density at radius 3 is 1.08 bits per heavy atom. The van der Waals surface area contributed by atoms with Gasteiger partial charge in [0.25, 0.3) is 0 Å². The minimum Gasteiger partial charge on any atom is -0.462 e. The Hall–Kier alpha value is -3.15. The fourth-order valence-electron chi connectivity index (χ4n) is 7.03. The van der Waals surface area contributed by atoms with Crippen molar-refractivity contribution in [3.63, 3.8) is 0 Å². The first kappa shape index (κ1) is 58.9. The molecule has 1 unspecified atom stereocenters. The van der Waals surface area contributed by atoms with E-state index in [9.17, 15) is 14.4 Å². The van der Waals surface area contributed by atoms with E-state index >= 15 is 0 Å². The fourth-order valence-corrected chi connectivity index (χ4v) is 7.03. The van der Waals surface area contributed by atoms with E-state index in [1.165, 1.54) is 122 Å². The monoisotopic (exact) mass is 865 g/mol. The Morgan fingerprint density at radius 2 is 0.661 bits per heavy atom. The number of ether oxygens (including phenoxy) is 3. The van der Waals surface area contributed by atoms with Gasteiger partial charge in [-0.25, -0.2) is 0 Å². The standard InChI is InChI=1S/C56H96O6/c1-4-7-10-13-16-19-22-25-26-27-28-29-30-32-34-37-40-43-46-49-55(58)61-52-53(51-60-54(57)48-45-42-39-36-33-24-21-18-15-12-9-6-3)62-56(59)50-47-44-41-38-35-31-23-20-17-14-11-8-5-2/h8,11,17-18,20-21,25-26,31,35,41,44,53H,4-7,9-10,12-16,19,22-24,27-30,32-34,36-40,42-43,45-52H2,1-3H3/b11-8-,20-17-,21-18-,26-25-,35-31-,44-41-. The zero-order valence-corrected chi connectivity index (χ0v) is 40.6. The second-order valence-electron chi connectivity index (χ2n) is 17.0. The Kier molecular flexibility index (Phi) is 47.9. The molecular formula is C56H96O6. The minimum atomic E-state index is -0.816. The highest BCUT2D eigenvalue weighted by Gasteiger charge is 2.19. The maximum Gasteiger partial charge on any atom is 0.306 e. The first-order chi connectivity index (χ1) is 30.5. The van der Waals surface area contributed by atoms with Gasteiger partial charge in [-0.2, -0.15) is 0 Å². The molecule has 0 N–H and O–H groups in total. The lowest BCUT2D eigenvalue weighted by Gasteiger charge is -2.18.